The van der Waals surface area contributed by atoms with E-state index in [4.69, 9.17) is 10.7 Å². The molecule has 5 aromatic carbocycles. The largest absolute Gasteiger partial charge is 0.398 e. The summed E-state index contributed by atoms with van der Waals surface area (Å²) in [5.41, 5.74) is 18.5. The number of fused-ring (bicyclic) bond motifs is 7. The lowest BCUT2D eigenvalue weighted by Crippen LogP contribution is -2.17. The number of rotatable bonds is 10. The van der Waals surface area contributed by atoms with E-state index < -0.39 is 0 Å². The van der Waals surface area contributed by atoms with Gasteiger partial charge in [0.1, 0.15) is 0 Å². The minimum atomic E-state index is 0.260. The molecule has 0 radical (unpaired) electrons. The van der Waals surface area contributed by atoms with Crippen molar-refractivity contribution in [2.75, 3.05) is 11.9 Å². The van der Waals surface area contributed by atoms with Crippen molar-refractivity contribution in [2.24, 2.45) is 10.7 Å². The van der Waals surface area contributed by atoms with Crippen LogP contribution in [-0.4, -0.2) is 22.9 Å². The number of nitrogens with zero attached hydrogens (tertiary/aromatic N) is 2. The second-order valence-electron chi connectivity index (χ2n) is 12.9. The normalized spacial score (nSPS) is 17.2. The molecule has 0 bridgehead atoms. The molecule has 4 heteroatoms. The monoisotopic (exact) mass is 660 g/mol. The van der Waals surface area contributed by atoms with Crippen molar-refractivity contribution in [3.63, 3.8) is 0 Å². The summed E-state index contributed by atoms with van der Waals surface area (Å²) >= 11 is 0. The van der Waals surface area contributed by atoms with Crippen LogP contribution in [0.2, 0.25) is 0 Å². The summed E-state index contributed by atoms with van der Waals surface area (Å²) in [6.07, 6.45) is 20.0. The van der Waals surface area contributed by atoms with Crippen LogP contribution < -0.4 is 11.1 Å². The lowest BCUT2D eigenvalue weighted by Gasteiger charge is -2.15. The van der Waals surface area contributed by atoms with E-state index in [0.717, 1.165) is 29.0 Å². The predicted octanol–water partition coefficient (Wildman–Crippen LogP) is 10.9. The molecule has 0 amide bonds. The molecule has 0 fully saturated rings. The van der Waals surface area contributed by atoms with Gasteiger partial charge in [-0.15, -0.1) is 0 Å². The second kappa shape index (κ2) is 14.2. The van der Waals surface area contributed by atoms with Crippen LogP contribution in [0.4, 0.5) is 5.69 Å². The van der Waals surface area contributed by atoms with Gasteiger partial charge in [0.05, 0.1) is 28.5 Å². The number of aromatic nitrogens is 1. The quantitative estimate of drug-likeness (QED) is 0.0873. The van der Waals surface area contributed by atoms with Crippen LogP contribution >= 0.6 is 0 Å². The number of aliphatic imine (C=N–C) groups is 1. The molecule has 2 unspecified atom stereocenters. The van der Waals surface area contributed by atoms with Gasteiger partial charge in [-0.3, -0.25) is 4.99 Å². The highest BCUT2D eigenvalue weighted by molar-refractivity contribution is 6.15. The zero-order valence-electron chi connectivity index (χ0n) is 28.5. The SMILES string of the molecule is C=C/C=C(\C=C/CCN=C(/C=C(\N)c1ccccc1)c1ccc(-c2ccccc2)cc1)n1c2ccccc2c2ccc3c(c21)NC1C=CC=CC31. The van der Waals surface area contributed by atoms with E-state index >= 15 is 0 Å². The Morgan fingerprint density at radius 2 is 1.49 bits per heavy atom. The molecular weight excluding hydrogens is 621 g/mol. The third kappa shape index (κ3) is 6.28. The molecule has 1 aliphatic heterocycles. The average Bonchev–Trinajstić information content (AvgIpc) is 3.74. The number of benzene rings is 5. The molecule has 2 heterocycles. The maximum absolute atomic E-state index is 6.61. The van der Waals surface area contributed by atoms with Crippen LogP contribution in [0.1, 0.15) is 29.0 Å². The van der Waals surface area contributed by atoms with E-state index in [2.05, 4.69) is 144 Å². The van der Waals surface area contributed by atoms with Crippen molar-refractivity contribution in [3.8, 4) is 11.1 Å². The predicted molar refractivity (Wildman–Crippen MR) is 218 cm³/mol. The first-order valence-electron chi connectivity index (χ1n) is 17.6. The summed E-state index contributed by atoms with van der Waals surface area (Å²) in [5.74, 6) is 0.329. The van der Waals surface area contributed by atoms with Gasteiger partial charge < -0.3 is 15.6 Å². The summed E-state index contributed by atoms with van der Waals surface area (Å²) in [6.45, 7) is 4.69. The Morgan fingerprint density at radius 3 is 2.29 bits per heavy atom. The molecule has 8 rings (SSSR count). The molecule has 4 nitrogen and oxygen atoms in total. The third-order valence-electron chi connectivity index (χ3n) is 9.77. The minimum Gasteiger partial charge on any atom is -0.398 e. The number of hydrogen-bond donors (Lipinski definition) is 2. The van der Waals surface area contributed by atoms with Crippen molar-refractivity contribution in [1.82, 2.24) is 4.57 Å². The van der Waals surface area contributed by atoms with Gasteiger partial charge in [0, 0.05) is 34.6 Å². The van der Waals surface area contributed by atoms with Gasteiger partial charge in [0.15, 0.2) is 0 Å². The van der Waals surface area contributed by atoms with Gasteiger partial charge in [-0.25, -0.2) is 0 Å². The Balaban J connectivity index is 1.11. The highest BCUT2D eigenvalue weighted by Crippen LogP contribution is 2.46. The van der Waals surface area contributed by atoms with E-state index in [0.29, 0.717) is 18.2 Å². The number of nitrogens with two attached hydrogens (primary N) is 1. The van der Waals surface area contributed by atoms with Crippen molar-refractivity contribution >= 4 is 44.6 Å². The van der Waals surface area contributed by atoms with Crippen molar-refractivity contribution in [1.29, 1.82) is 0 Å². The molecule has 0 saturated heterocycles. The van der Waals surface area contributed by atoms with E-state index in [1.807, 2.05) is 48.6 Å². The van der Waals surface area contributed by atoms with Gasteiger partial charge in [0.25, 0.3) is 0 Å². The summed E-state index contributed by atoms with van der Waals surface area (Å²) in [4.78, 5) is 5.10. The topological polar surface area (TPSA) is 55.3 Å². The summed E-state index contributed by atoms with van der Waals surface area (Å²) in [5, 5.41) is 6.32. The van der Waals surface area contributed by atoms with Crippen molar-refractivity contribution in [2.45, 2.75) is 18.4 Å². The minimum absolute atomic E-state index is 0.260. The zero-order chi connectivity index (χ0) is 34.6. The zero-order valence-corrected chi connectivity index (χ0v) is 28.5. The van der Waals surface area contributed by atoms with E-state index in [9.17, 15) is 0 Å². The first-order valence-corrected chi connectivity index (χ1v) is 17.6. The fourth-order valence-electron chi connectivity index (χ4n) is 7.31. The van der Waals surface area contributed by atoms with Crippen LogP contribution in [-0.2, 0) is 0 Å². The van der Waals surface area contributed by atoms with Crippen molar-refractivity contribution < 1.29 is 0 Å². The molecule has 3 N–H and O–H groups in total. The molecule has 6 aromatic rings. The van der Waals surface area contributed by atoms with Crippen LogP contribution in [0.15, 0.2) is 188 Å². The number of nitrogens with one attached hydrogen (secondary N) is 1. The first-order chi connectivity index (χ1) is 25.2. The van der Waals surface area contributed by atoms with Gasteiger partial charge in [-0.2, -0.15) is 0 Å². The Kier molecular flexibility index (Phi) is 8.88. The number of para-hydroxylation sites is 1. The Labute approximate surface area is 299 Å². The first kappa shape index (κ1) is 31.9. The summed E-state index contributed by atoms with van der Waals surface area (Å²) < 4.78 is 2.38. The standard InChI is InChI=1S/C47H40N4/c1-2-15-37(51-45-24-12-10-22-39(45)41-30-29-40-38-21-9-11-23-43(38)50-46(40)47(41)51)20-13-14-31-49-44(32-42(48)35-18-7-4-8-19-35)36-27-25-34(26-28-36)33-16-5-3-6-17-33/h2-13,15-30,32,38,43,50H,1,14,31,48H2/b20-13-,37-15+,42-32-,49-44?. The smallest absolute Gasteiger partial charge is 0.0776 e. The molecular formula is C47H40N4. The van der Waals surface area contributed by atoms with Gasteiger partial charge in [-0.1, -0.05) is 158 Å². The molecule has 51 heavy (non-hydrogen) atoms. The van der Waals surface area contributed by atoms with Crippen LogP contribution in [0.5, 0.6) is 0 Å². The van der Waals surface area contributed by atoms with Crippen molar-refractivity contribution in [3.05, 3.63) is 199 Å². The lowest BCUT2D eigenvalue weighted by molar-refractivity contribution is 0.805. The van der Waals surface area contributed by atoms with Crippen LogP contribution in [0, 0.1) is 0 Å². The highest BCUT2D eigenvalue weighted by Gasteiger charge is 2.32. The molecule has 1 aromatic heterocycles. The Morgan fingerprint density at radius 1 is 0.765 bits per heavy atom. The summed E-state index contributed by atoms with van der Waals surface area (Å²) in [6, 6.07) is 42.5. The lowest BCUT2D eigenvalue weighted by atomic mass is 9.91. The molecule has 2 aliphatic rings. The maximum atomic E-state index is 6.61. The number of anilines is 1. The third-order valence-corrected chi connectivity index (χ3v) is 9.77. The number of hydrogen-bond acceptors (Lipinski definition) is 3. The van der Waals surface area contributed by atoms with E-state index in [1.165, 1.54) is 44.2 Å². The highest BCUT2D eigenvalue weighted by atomic mass is 15.0. The molecule has 248 valence electrons. The molecule has 2 atom stereocenters. The van der Waals surface area contributed by atoms with Gasteiger partial charge in [0.2, 0.25) is 0 Å². The summed E-state index contributed by atoms with van der Waals surface area (Å²) in [7, 11) is 0. The fraction of sp³-hybridized carbons (Fsp3) is 0.0851. The van der Waals surface area contributed by atoms with E-state index in [1.54, 1.807) is 0 Å². The molecule has 1 aliphatic carbocycles. The molecule has 0 spiro atoms. The van der Waals surface area contributed by atoms with Crippen LogP contribution in [0.25, 0.3) is 44.3 Å². The van der Waals surface area contributed by atoms with Crippen LogP contribution in [0.3, 0.4) is 0 Å². The molecule has 0 saturated carbocycles. The average molecular weight is 661 g/mol. The Hall–Kier alpha value is -6.39. The van der Waals surface area contributed by atoms with E-state index in [-0.39, 0.29) is 6.04 Å². The van der Waals surface area contributed by atoms with Gasteiger partial charge >= 0.3 is 0 Å². The maximum Gasteiger partial charge on any atom is 0.0776 e. The second-order valence-corrected chi connectivity index (χ2v) is 12.9. The fourth-order valence-corrected chi connectivity index (χ4v) is 7.31. The van der Waals surface area contributed by atoms with Gasteiger partial charge in [-0.05, 0) is 58.5 Å². The number of allylic oxidation sites excluding steroid dienone is 7. The Bertz CT molecular complexity index is 2400.